The zero-order valence-corrected chi connectivity index (χ0v) is 20.7. The van der Waals surface area contributed by atoms with E-state index in [4.69, 9.17) is 14.2 Å². The van der Waals surface area contributed by atoms with Gasteiger partial charge in [-0.2, -0.15) is 5.26 Å². The Morgan fingerprint density at radius 2 is 1.92 bits per heavy atom. The molecule has 1 aliphatic rings. The number of benzene rings is 2. The molecule has 0 bridgehead atoms. The Morgan fingerprint density at radius 1 is 1.14 bits per heavy atom. The fourth-order valence-electron chi connectivity index (χ4n) is 4.17. The largest absolute Gasteiger partial charge is 0.497 e. The standard InChI is InChI=1S/C29H30N2O5/c1-29(2)17-25(24-15-21(18-30)8-11-27(24)36-29)31-13-12-22(16-28(31)33)26(32)5-4-14-35-19-20-6-9-23(34-3)10-7-20/h6-13,15-17,26,32H,4-5,14,19H2,1-3H3. The number of ether oxygens (including phenoxy) is 3. The Morgan fingerprint density at radius 3 is 2.61 bits per heavy atom. The molecule has 0 amide bonds. The first-order chi connectivity index (χ1) is 17.3. The van der Waals surface area contributed by atoms with Gasteiger partial charge in [0.1, 0.15) is 17.1 Å². The number of aliphatic hydroxyl groups excluding tert-OH is 1. The van der Waals surface area contributed by atoms with Crippen LogP contribution in [0.3, 0.4) is 0 Å². The van der Waals surface area contributed by atoms with Crippen molar-refractivity contribution in [2.45, 2.75) is 45.0 Å². The third-order valence-electron chi connectivity index (χ3n) is 6.02. The summed E-state index contributed by atoms with van der Waals surface area (Å²) in [4.78, 5) is 13.1. The van der Waals surface area contributed by atoms with Gasteiger partial charge >= 0.3 is 0 Å². The van der Waals surface area contributed by atoms with E-state index in [-0.39, 0.29) is 5.56 Å². The molecule has 36 heavy (non-hydrogen) atoms. The summed E-state index contributed by atoms with van der Waals surface area (Å²) in [7, 11) is 1.63. The van der Waals surface area contributed by atoms with Crippen molar-refractivity contribution in [2.75, 3.05) is 13.7 Å². The van der Waals surface area contributed by atoms with E-state index >= 15 is 0 Å². The second kappa shape index (κ2) is 10.8. The van der Waals surface area contributed by atoms with Crippen molar-refractivity contribution >= 4 is 5.70 Å². The van der Waals surface area contributed by atoms with Gasteiger partial charge in [-0.15, -0.1) is 0 Å². The van der Waals surface area contributed by atoms with Crippen molar-refractivity contribution < 1.29 is 19.3 Å². The highest BCUT2D eigenvalue weighted by Gasteiger charge is 2.28. The van der Waals surface area contributed by atoms with E-state index in [1.165, 1.54) is 10.6 Å². The van der Waals surface area contributed by atoms with Gasteiger partial charge in [-0.3, -0.25) is 9.36 Å². The lowest BCUT2D eigenvalue weighted by Gasteiger charge is -2.31. The Hall–Kier alpha value is -3.86. The average molecular weight is 487 g/mol. The molecule has 0 fully saturated rings. The molecular formula is C29H30N2O5. The maximum atomic E-state index is 13.1. The van der Waals surface area contributed by atoms with E-state index in [9.17, 15) is 15.2 Å². The molecule has 0 saturated carbocycles. The highest BCUT2D eigenvalue weighted by atomic mass is 16.5. The maximum absolute atomic E-state index is 13.1. The third kappa shape index (κ3) is 5.85. The minimum absolute atomic E-state index is 0.264. The molecule has 0 spiro atoms. The lowest BCUT2D eigenvalue weighted by molar-refractivity contribution is 0.0972. The van der Waals surface area contributed by atoms with Gasteiger partial charge in [0.25, 0.3) is 5.56 Å². The van der Waals surface area contributed by atoms with Crippen molar-refractivity contribution in [3.63, 3.8) is 0 Å². The van der Waals surface area contributed by atoms with E-state index in [1.54, 1.807) is 37.6 Å². The number of nitrogens with zero attached hydrogens (tertiary/aromatic N) is 2. The Kier molecular flexibility index (Phi) is 7.58. The molecule has 7 heteroatoms. The van der Waals surface area contributed by atoms with Crippen molar-refractivity contribution in [3.05, 3.63) is 99.5 Å². The first kappa shape index (κ1) is 25.2. The highest BCUT2D eigenvalue weighted by molar-refractivity contribution is 5.74. The molecule has 0 saturated heterocycles. The number of hydrogen-bond acceptors (Lipinski definition) is 6. The molecule has 1 aromatic heterocycles. The van der Waals surface area contributed by atoms with Gasteiger partial charge in [-0.05, 0) is 80.3 Å². The second-order valence-electron chi connectivity index (χ2n) is 9.28. The number of hydrogen-bond donors (Lipinski definition) is 1. The van der Waals surface area contributed by atoms with Gasteiger partial charge in [0, 0.05) is 24.4 Å². The minimum Gasteiger partial charge on any atom is -0.497 e. The molecule has 2 heterocycles. The molecule has 186 valence electrons. The summed E-state index contributed by atoms with van der Waals surface area (Å²) in [6, 6.07) is 18.2. The molecular weight excluding hydrogens is 456 g/mol. The topological polar surface area (TPSA) is 93.7 Å². The molecule has 7 nitrogen and oxygen atoms in total. The Labute approximate surface area is 210 Å². The molecule has 4 rings (SSSR count). The van der Waals surface area contributed by atoms with Crippen LogP contribution in [0.4, 0.5) is 0 Å². The summed E-state index contributed by atoms with van der Waals surface area (Å²) < 4.78 is 18.4. The van der Waals surface area contributed by atoms with E-state index < -0.39 is 11.7 Å². The fraction of sp³-hybridized carbons (Fsp3) is 0.310. The van der Waals surface area contributed by atoms with Crippen molar-refractivity contribution in [2.24, 2.45) is 0 Å². The fourth-order valence-corrected chi connectivity index (χ4v) is 4.17. The highest BCUT2D eigenvalue weighted by Crippen LogP contribution is 2.37. The minimum atomic E-state index is -0.769. The van der Waals surface area contributed by atoms with Crippen molar-refractivity contribution in [1.29, 1.82) is 5.26 Å². The molecule has 0 radical (unpaired) electrons. The van der Waals surface area contributed by atoms with Crippen LogP contribution in [-0.2, 0) is 11.3 Å². The number of nitriles is 1. The summed E-state index contributed by atoms with van der Waals surface area (Å²) >= 11 is 0. The summed E-state index contributed by atoms with van der Waals surface area (Å²) in [6.07, 6.45) is 3.89. The number of pyridine rings is 1. The van der Waals surface area contributed by atoms with Gasteiger partial charge in [0.15, 0.2) is 0 Å². The number of methoxy groups -OCH3 is 1. The van der Waals surface area contributed by atoms with Crippen LogP contribution in [-0.4, -0.2) is 29.0 Å². The lowest BCUT2D eigenvalue weighted by atomic mass is 9.97. The van der Waals surface area contributed by atoms with Crippen LogP contribution in [0.15, 0.2) is 71.7 Å². The molecule has 0 aliphatic carbocycles. The Bertz CT molecular complexity index is 1350. The second-order valence-corrected chi connectivity index (χ2v) is 9.28. The zero-order valence-electron chi connectivity index (χ0n) is 20.7. The summed E-state index contributed by atoms with van der Waals surface area (Å²) in [5.41, 5.74) is 2.53. The van der Waals surface area contributed by atoms with Crippen molar-refractivity contribution in [3.8, 4) is 17.6 Å². The Balaban J connectivity index is 1.40. The number of aromatic nitrogens is 1. The van der Waals surface area contributed by atoms with E-state index in [1.807, 2.05) is 44.2 Å². The van der Waals surface area contributed by atoms with Crippen LogP contribution in [0.5, 0.6) is 11.5 Å². The van der Waals surface area contributed by atoms with E-state index in [2.05, 4.69) is 6.07 Å². The first-order valence-electron chi connectivity index (χ1n) is 11.9. The van der Waals surface area contributed by atoms with Crippen LogP contribution in [0, 0.1) is 11.3 Å². The molecule has 1 atom stereocenters. The van der Waals surface area contributed by atoms with E-state index in [0.29, 0.717) is 54.2 Å². The van der Waals surface area contributed by atoms with Crippen LogP contribution >= 0.6 is 0 Å². The molecule has 1 aliphatic heterocycles. The van der Waals surface area contributed by atoms with Crippen LogP contribution < -0.4 is 15.0 Å². The van der Waals surface area contributed by atoms with Gasteiger partial charge in [-0.1, -0.05) is 12.1 Å². The van der Waals surface area contributed by atoms with Crippen LogP contribution in [0.25, 0.3) is 5.70 Å². The normalized spacial score (nSPS) is 14.7. The lowest BCUT2D eigenvalue weighted by Crippen LogP contribution is -2.32. The number of rotatable bonds is 9. The molecule has 1 unspecified atom stereocenters. The zero-order chi connectivity index (χ0) is 25.7. The average Bonchev–Trinajstić information content (AvgIpc) is 2.87. The van der Waals surface area contributed by atoms with Gasteiger partial charge in [-0.25, -0.2) is 0 Å². The predicted molar refractivity (Wildman–Crippen MR) is 137 cm³/mol. The molecule has 3 aromatic rings. The summed E-state index contributed by atoms with van der Waals surface area (Å²) in [5.74, 6) is 1.42. The predicted octanol–water partition coefficient (Wildman–Crippen LogP) is 4.82. The smallest absolute Gasteiger partial charge is 0.255 e. The van der Waals surface area contributed by atoms with Crippen LogP contribution in [0.1, 0.15) is 55.0 Å². The van der Waals surface area contributed by atoms with Crippen LogP contribution in [0.2, 0.25) is 0 Å². The monoisotopic (exact) mass is 486 g/mol. The first-order valence-corrected chi connectivity index (χ1v) is 11.9. The molecule has 1 N–H and O–H groups in total. The molecule has 2 aromatic carbocycles. The maximum Gasteiger partial charge on any atom is 0.255 e. The quantitative estimate of drug-likeness (QED) is 0.436. The third-order valence-corrected chi connectivity index (χ3v) is 6.02. The number of aliphatic hydroxyl groups is 1. The van der Waals surface area contributed by atoms with Gasteiger partial charge in [0.05, 0.1) is 37.2 Å². The summed E-state index contributed by atoms with van der Waals surface area (Å²) in [5, 5.41) is 20.0. The van der Waals surface area contributed by atoms with E-state index in [0.717, 1.165) is 11.3 Å². The summed E-state index contributed by atoms with van der Waals surface area (Å²) in [6.45, 7) is 4.81. The SMILES string of the molecule is COc1ccc(COCCCC(O)c2ccn(C3=CC(C)(C)Oc4ccc(C#N)cc43)c(=O)c2)cc1. The number of fused-ring (bicyclic) bond motifs is 1. The van der Waals surface area contributed by atoms with Gasteiger partial charge in [0.2, 0.25) is 0 Å². The van der Waals surface area contributed by atoms with Gasteiger partial charge < -0.3 is 19.3 Å². The van der Waals surface area contributed by atoms with Crippen molar-refractivity contribution in [1.82, 2.24) is 4.57 Å².